The van der Waals surface area contributed by atoms with E-state index < -0.39 is 0 Å². The minimum atomic E-state index is 0.407. The van der Waals surface area contributed by atoms with Crippen LogP contribution in [-0.2, 0) is 0 Å². The molecule has 0 N–H and O–H groups in total. The Hall–Kier alpha value is -2.07. The lowest BCUT2D eigenvalue weighted by Gasteiger charge is -2.11. The second-order valence-electron chi connectivity index (χ2n) is 4.28. The third-order valence-electron chi connectivity index (χ3n) is 2.82. The number of methoxy groups -OCH3 is 1. The number of aldehydes is 1. The van der Waals surface area contributed by atoms with Gasteiger partial charge in [-0.25, -0.2) is 0 Å². The van der Waals surface area contributed by atoms with Gasteiger partial charge in [0.15, 0.2) is 11.5 Å². The van der Waals surface area contributed by atoms with Crippen molar-refractivity contribution in [2.45, 2.75) is 0 Å². The van der Waals surface area contributed by atoms with E-state index in [2.05, 4.69) is 15.9 Å². The average molecular weight is 347 g/mol. The summed E-state index contributed by atoms with van der Waals surface area (Å²) in [4.78, 5) is 10.8. The Morgan fingerprint density at radius 2 is 1.90 bits per heavy atom. The summed E-state index contributed by atoms with van der Waals surface area (Å²) in [5.41, 5.74) is 1.65. The summed E-state index contributed by atoms with van der Waals surface area (Å²) in [6, 6.07) is 13.3. The van der Waals surface area contributed by atoms with E-state index in [0.29, 0.717) is 28.1 Å². The molecule has 3 nitrogen and oxygen atoms in total. The molecule has 0 atom stereocenters. The van der Waals surface area contributed by atoms with Gasteiger partial charge >= 0.3 is 0 Å². The normalized spacial score (nSPS) is 10.6. The zero-order valence-electron chi connectivity index (χ0n) is 11.6. The van der Waals surface area contributed by atoms with Crippen molar-refractivity contribution >= 4 is 28.3 Å². The minimum absolute atomic E-state index is 0.407. The topological polar surface area (TPSA) is 35.5 Å². The molecule has 2 aromatic rings. The molecule has 0 saturated heterocycles. The minimum Gasteiger partial charge on any atom is -0.493 e. The number of hydrogen-bond donors (Lipinski definition) is 0. The predicted octanol–water partition coefficient (Wildman–Crippen LogP) is 4.36. The van der Waals surface area contributed by atoms with Crippen LogP contribution in [0.2, 0.25) is 0 Å². The maximum Gasteiger partial charge on any atom is 0.175 e. The van der Waals surface area contributed by atoms with Crippen LogP contribution in [0.3, 0.4) is 0 Å². The summed E-state index contributed by atoms with van der Waals surface area (Å²) in [5, 5.41) is 0. The molecule has 0 aliphatic carbocycles. The van der Waals surface area contributed by atoms with Crippen LogP contribution in [0.1, 0.15) is 15.9 Å². The van der Waals surface area contributed by atoms with Crippen LogP contribution >= 0.6 is 15.9 Å². The Labute approximate surface area is 132 Å². The molecule has 0 aliphatic heterocycles. The lowest BCUT2D eigenvalue weighted by molar-refractivity contribution is 0.112. The molecule has 0 fully saturated rings. The highest BCUT2D eigenvalue weighted by atomic mass is 79.9. The van der Waals surface area contributed by atoms with Crippen molar-refractivity contribution in [3.8, 4) is 11.5 Å². The highest BCUT2D eigenvalue weighted by Gasteiger charge is 2.10. The molecular formula is C17H15BrO3. The van der Waals surface area contributed by atoms with Crippen LogP contribution in [-0.4, -0.2) is 20.0 Å². The van der Waals surface area contributed by atoms with Gasteiger partial charge < -0.3 is 9.47 Å². The number of carbonyl (C=O) groups is 1. The Kier molecular flexibility index (Phi) is 5.58. The Bertz CT molecular complexity index is 636. The van der Waals surface area contributed by atoms with E-state index in [-0.39, 0.29) is 0 Å². The molecule has 0 saturated carbocycles. The largest absolute Gasteiger partial charge is 0.493 e. The third kappa shape index (κ3) is 4.20. The smallest absolute Gasteiger partial charge is 0.175 e. The molecule has 21 heavy (non-hydrogen) atoms. The maximum absolute atomic E-state index is 10.8. The van der Waals surface area contributed by atoms with E-state index in [4.69, 9.17) is 9.47 Å². The van der Waals surface area contributed by atoms with Crippen LogP contribution in [0.4, 0.5) is 0 Å². The molecule has 0 bridgehead atoms. The Morgan fingerprint density at radius 1 is 1.14 bits per heavy atom. The van der Waals surface area contributed by atoms with E-state index >= 15 is 0 Å². The molecule has 4 heteroatoms. The zero-order valence-corrected chi connectivity index (χ0v) is 13.2. The van der Waals surface area contributed by atoms with E-state index in [1.807, 2.05) is 42.5 Å². The van der Waals surface area contributed by atoms with Crippen molar-refractivity contribution in [3.63, 3.8) is 0 Å². The molecule has 0 radical (unpaired) electrons. The van der Waals surface area contributed by atoms with Gasteiger partial charge in [-0.2, -0.15) is 0 Å². The fraction of sp³-hybridized carbons (Fsp3) is 0.118. The summed E-state index contributed by atoms with van der Waals surface area (Å²) >= 11 is 3.39. The van der Waals surface area contributed by atoms with Crippen molar-refractivity contribution in [2.24, 2.45) is 0 Å². The van der Waals surface area contributed by atoms with Gasteiger partial charge in [-0.05, 0) is 39.7 Å². The first-order chi connectivity index (χ1) is 10.2. The molecule has 0 aliphatic rings. The molecule has 2 aromatic carbocycles. The van der Waals surface area contributed by atoms with E-state index in [9.17, 15) is 4.79 Å². The summed E-state index contributed by atoms with van der Waals surface area (Å²) in [6.07, 6.45) is 4.68. The highest BCUT2D eigenvalue weighted by molar-refractivity contribution is 9.10. The summed E-state index contributed by atoms with van der Waals surface area (Å²) in [6.45, 7) is 0.407. The monoisotopic (exact) mass is 346 g/mol. The summed E-state index contributed by atoms with van der Waals surface area (Å²) < 4.78 is 11.6. The van der Waals surface area contributed by atoms with Gasteiger partial charge in [-0.3, -0.25) is 4.79 Å². The van der Waals surface area contributed by atoms with Gasteiger partial charge in [0, 0.05) is 5.56 Å². The van der Waals surface area contributed by atoms with E-state index in [1.54, 1.807) is 19.2 Å². The molecule has 0 unspecified atom stereocenters. The third-order valence-corrected chi connectivity index (χ3v) is 3.41. The summed E-state index contributed by atoms with van der Waals surface area (Å²) in [5.74, 6) is 1.11. The van der Waals surface area contributed by atoms with Crippen LogP contribution in [0, 0.1) is 0 Å². The van der Waals surface area contributed by atoms with Crippen LogP contribution in [0.5, 0.6) is 11.5 Å². The van der Waals surface area contributed by atoms with Crippen LogP contribution in [0.15, 0.2) is 53.0 Å². The SMILES string of the molecule is COc1cc(C=O)cc(Br)c1OCC=Cc1ccccc1. The Balaban J connectivity index is 2.06. The van der Waals surface area contributed by atoms with Crippen molar-refractivity contribution in [2.75, 3.05) is 13.7 Å². The van der Waals surface area contributed by atoms with Gasteiger partial charge in [0.25, 0.3) is 0 Å². The number of rotatable bonds is 6. The molecular weight excluding hydrogens is 332 g/mol. The van der Waals surface area contributed by atoms with Gasteiger partial charge in [0.1, 0.15) is 12.9 Å². The quantitative estimate of drug-likeness (QED) is 0.729. The first-order valence-electron chi connectivity index (χ1n) is 6.41. The predicted molar refractivity (Wildman–Crippen MR) is 87.1 cm³/mol. The van der Waals surface area contributed by atoms with Crippen molar-refractivity contribution < 1.29 is 14.3 Å². The molecule has 0 aromatic heterocycles. The van der Waals surface area contributed by atoms with Crippen molar-refractivity contribution in [3.05, 3.63) is 64.1 Å². The maximum atomic E-state index is 10.8. The summed E-state index contributed by atoms with van der Waals surface area (Å²) in [7, 11) is 1.54. The van der Waals surface area contributed by atoms with E-state index in [1.165, 1.54) is 0 Å². The fourth-order valence-corrected chi connectivity index (χ4v) is 2.40. The molecule has 0 amide bonds. The fourth-order valence-electron chi connectivity index (χ4n) is 1.83. The zero-order chi connectivity index (χ0) is 15.1. The highest BCUT2D eigenvalue weighted by Crippen LogP contribution is 2.36. The van der Waals surface area contributed by atoms with Gasteiger partial charge in [0.05, 0.1) is 11.6 Å². The van der Waals surface area contributed by atoms with Crippen molar-refractivity contribution in [1.82, 2.24) is 0 Å². The number of benzene rings is 2. The molecule has 0 heterocycles. The molecule has 108 valence electrons. The van der Waals surface area contributed by atoms with Crippen molar-refractivity contribution in [1.29, 1.82) is 0 Å². The van der Waals surface area contributed by atoms with E-state index in [0.717, 1.165) is 11.8 Å². The molecule has 0 spiro atoms. The van der Waals surface area contributed by atoms with Crippen LogP contribution in [0.25, 0.3) is 6.08 Å². The van der Waals surface area contributed by atoms with Gasteiger partial charge in [0.2, 0.25) is 0 Å². The van der Waals surface area contributed by atoms with Gasteiger partial charge in [-0.1, -0.05) is 36.4 Å². The average Bonchev–Trinajstić information content (AvgIpc) is 2.53. The number of hydrogen-bond acceptors (Lipinski definition) is 3. The van der Waals surface area contributed by atoms with Crippen LogP contribution < -0.4 is 9.47 Å². The molecule has 2 rings (SSSR count). The standard InChI is InChI=1S/C17H15BrO3/c1-20-16-11-14(12-19)10-15(18)17(16)21-9-5-8-13-6-3-2-4-7-13/h2-8,10-12H,9H2,1H3. The lowest BCUT2D eigenvalue weighted by Crippen LogP contribution is -1.98. The Morgan fingerprint density at radius 3 is 2.57 bits per heavy atom. The van der Waals surface area contributed by atoms with Gasteiger partial charge in [-0.15, -0.1) is 0 Å². The first-order valence-corrected chi connectivity index (χ1v) is 7.21. The number of halogens is 1. The second-order valence-corrected chi connectivity index (χ2v) is 5.13. The lowest BCUT2D eigenvalue weighted by atomic mass is 10.2. The number of carbonyl (C=O) groups excluding carboxylic acids is 1. The number of ether oxygens (including phenoxy) is 2. The second kappa shape index (κ2) is 7.64. The first kappa shape index (κ1) is 15.3.